The van der Waals surface area contributed by atoms with Gasteiger partial charge in [-0.1, -0.05) is 52.0 Å². The minimum atomic E-state index is -0.498. The summed E-state index contributed by atoms with van der Waals surface area (Å²) in [5.41, 5.74) is 1.23. The quantitative estimate of drug-likeness (QED) is 0.778. The van der Waals surface area contributed by atoms with Crippen LogP contribution in [0.25, 0.3) is 0 Å². The van der Waals surface area contributed by atoms with Crippen molar-refractivity contribution in [1.82, 2.24) is 4.90 Å². The Labute approximate surface area is 146 Å². The molecule has 0 fully saturated rings. The summed E-state index contributed by atoms with van der Waals surface area (Å²) in [5, 5.41) is 0.654. The van der Waals surface area contributed by atoms with Gasteiger partial charge in [-0.05, 0) is 29.8 Å². The van der Waals surface area contributed by atoms with Gasteiger partial charge in [-0.15, -0.1) is 0 Å². The van der Waals surface area contributed by atoms with Crippen LogP contribution in [0.3, 0.4) is 0 Å². The molecule has 1 heterocycles. The predicted octanol–water partition coefficient (Wildman–Crippen LogP) is 4.33. The smallest absolute Gasteiger partial charge is 0.262 e. The highest BCUT2D eigenvalue weighted by Crippen LogP contribution is 2.23. The van der Waals surface area contributed by atoms with E-state index in [4.69, 9.17) is 0 Å². The van der Waals surface area contributed by atoms with Crippen LogP contribution in [0.1, 0.15) is 15.9 Å². The molecule has 2 aromatic carbocycles. The van der Waals surface area contributed by atoms with Crippen LogP contribution >= 0.6 is 27.7 Å². The van der Waals surface area contributed by atoms with Crippen LogP contribution in [-0.4, -0.2) is 29.1 Å². The zero-order chi connectivity index (χ0) is 16.2. The van der Waals surface area contributed by atoms with Crippen molar-refractivity contribution in [3.05, 3.63) is 69.9 Å². The highest BCUT2D eigenvalue weighted by Gasteiger charge is 2.26. The van der Waals surface area contributed by atoms with Gasteiger partial charge in [0, 0.05) is 16.8 Å². The summed E-state index contributed by atoms with van der Waals surface area (Å²) in [5.74, 6) is -0.114. The van der Waals surface area contributed by atoms with E-state index in [-0.39, 0.29) is 11.5 Å². The second-order valence-electron chi connectivity index (χ2n) is 5.02. The highest BCUT2D eigenvalue weighted by molar-refractivity contribution is 9.10. The zero-order valence-corrected chi connectivity index (χ0v) is 14.6. The fraction of sp³-hybridized carbons (Fsp3) is 0.176. The van der Waals surface area contributed by atoms with E-state index in [2.05, 4.69) is 20.9 Å². The van der Waals surface area contributed by atoms with Gasteiger partial charge in [0.05, 0.1) is 12.1 Å². The molecule has 0 spiro atoms. The van der Waals surface area contributed by atoms with Gasteiger partial charge in [0.1, 0.15) is 5.82 Å². The van der Waals surface area contributed by atoms with Crippen molar-refractivity contribution in [3.63, 3.8) is 0 Å². The minimum Gasteiger partial charge on any atom is -0.285 e. The summed E-state index contributed by atoms with van der Waals surface area (Å²) >= 11 is 4.90. The van der Waals surface area contributed by atoms with Crippen LogP contribution < -0.4 is 0 Å². The summed E-state index contributed by atoms with van der Waals surface area (Å²) in [4.78, 5) is 18.5. The second kappa shape index (κ2) is 7.27. The molecule has 0 aliphatic carbocycles. The van der Waals surface area contributed by atoms with Gasteiger partial charge in [0.2, 0.25) is 0 Å². The first-order chi connectivity index (χ1) is 11.1. The summed E-state index contributed by atoms with van der Waals surface area (Å²) in [7, 11) is 0. The maximum atomic E-state index is 13.8. The van der Waals surface area contributed by atoms with Crippen molar-refractivity contribution in [2.24, 2.45) is 4.99 Å². The van der Waals surface area contributed by atoms with E-state index in [9.17, 15) is 9.18 Å². The Hall–Kier alpha value is -1.66. The minimum absolute atomic E-state index is 0.0892. The SMILES string of the molecule is O=C(c1ccccc1F)N1CCN=C1SCc1ccc(Br)cc1. The van der Waals surface area contributed by atoms with Crippen molar-refractivity contribution in [3.8, 4) is 0 Å². The van der Waals surface area contributed by atoms with Gasteiger partial charge >= 0.3 is 0 Å². The van der Waals surface area contributed by atoms with Gasteiger partial charge in [0.15, 0.2) is 5.17 Å². The van der Waals surface area contributed by atoms with Crippen LogP contribution in [0.5, 0.6) is 0 Å². The molecule has 6 heteroatoms. The number of carbonyl (C=O) groups excluding carboxylic acids is 1. The summed E-state index contributed by atoms with van der Waals surface area (Å²) in [6.45, 7) is 1.05. The Morgan fingerprint density at radius 3 is 2.70 bits per heavy atom. The molecule has 0 atom stereocenters. The topological polar surface area (TPSA) is 32.7 Å². The number of halogens is 2. The first kappa shape index (κ1) is 16.2. The first-order valence-corrected chi connectivity index (χ1v) is 8.91. The Balaban J connectivity index is 1.69. The van der Waals surface area contributed by atoms with Crippen molar-refractivity contribution in [1.29, 1.82) is 0 Å². The lowest BCUT2D eigenvalue weighted by Crippen LogP contribution is -2.33. The van der Waals surface area contributed by atoms with Gasteiger partial charge < -0.3 is 0 Å². The van der Waals surface area contributed by atoms with Crippen molar-refractivity contribution in [2.75, 3.05) is 13.1 Å². The van der Waals surface area contributed by atoms with Crippen molar-refractivity contribution < 1.29 is 9.18 Å². The fourth-order valence-electron chi connectivity index (χ4n) is 2.25. The Morgan fingerprint density at radius 2 is 1.96 bits per heavy atom. The number of benzene rings is 2. The largest absolute Gasteiger partial charge is 0.285 e. The normalized spacial score (nSPS) is 14.0. The molecule has 0 N–H and O–H groups in total. The number of hydrogen-bond donors (Lipinski definition) is 0. The maximum Gasteiger partial charge on any atom is 0.262 e. The van der Waals surface area contributed by atoms with Gasteiger partial charge in [0.25, 0.3) is 5.91 Å². The predicted molar refractivity (Wildman–Crippen MR) is 95.2 cm³/mol. The number of aliphatic imine (C=N–C) groups is 1. The molecule has 1 amide bonds. The summed E-state index contributed by atoms with van der Waals surface area (Å²) in [6.07, 6.45) is 0. The molecule has 0 saturated carbocycles. The average molecular weight is 393 g/mol. The lowest BCUT2D eigenvalue weighted by atomic mass is 10.2. The van der Waals surface area contributed by atoms with Crippen LogP contribution in [-0.2, 0) is 5.75 Å². The molecular weight excluding hydrogens is 379 g/mol. The third-order valence-electron chi connectivity index (χ3n) is 3.43. The lowest BCUT2D eigenvalue weighted by Gasteiger charge is -2.18. The third kappa shape index (κ3) is 3.82. The Kier molecular flexibility index (Phi) is 5.13. The molecule has 23 heavy (non-hydrogen) atoms. The number of amides is 1. The van der Waals surface area contributed by atoms with E-state index in [1.807, 2.05) is 24.3 Å². The third-order valence-corrected chi connectivity index (χ3v) is 5.05. The van der Waals surface area contributed by atoms with E-state index >= 15 is 0 Å². The van der Waals surface area contributed by atoms with E-state index in [0.717, 1.165) is 10.0 Å². The van der Waals surface area contributed by atoms with Crippen molar-refractivity contribution >= 4 is 38.8 Å². The van der Waals surface area contributed by atoms with E-state index < -0.39 is 5.82 Å². The molecule has 0 saturated heterocycles. The lowest BCUT2D eigenvalue weighted by molar-refractivity contribution is 0.0856. The zero-order valence-electron chi connectivity index (χ0n) is 12.2. The van der Waals surface area contributed by atoms with Crippen LogP contribution in [0.2, 0.25) is 0 Å². The van der Waals surface area contributed by atoms with Gasteiger partial charge in [-0.25, -0.2) is 4.39 Å². The molecule has 0 bridgehead atoms. The number of thioether (sulfide) groups is 1. The molecule has 3 rings (SSSR count). The van der Waals surface area contributed by atoms with E-state index in [1.54, 1.807) is 17.0 Å². The number of hydrogen-bond acceptors (Lipinski definition) is 3. The average Bonchev–Trinajstić information content (AvgIpc) is 3.03. The standard InChI is InChI=1S/C17H14BrFN2OS/c18-13-7-5-12(6-8-13)11-23-17-20-9-10-21(17)16(22)14-3-1-2-4-15(14)19/h1-8H,9-11H2. The van der Waals surface area contributed by atoms with Crippen molar-refractivity contribution in [2.45, 2.75) is 5.75 Å². The van der Waals surface area contributed by atoms with E-state index in [0.29, 0.717) is 24.0 Å². The monoisotopic (exact) mass is 392 g/mol. The molecule has 1 aliphatic heterocycles. The highest BCUT2D eigenvalue weighted by atomic mass is 79.9. The number of carbonyl (C=O) groups is 1. The molecular formula is C17H14BrFN2OS. The van der Waals surface area contributed by atoms with Crippen LogP contribution in [0.15, 0.2) is 58.0 Å². The first-order valence-electron chi connectivity index (χ1n) is 7.13. The molecule has 0 aromatic heterocycles. The van der Waals surface area contributed by atoms with E-state index in [1.165, 1.54) is 23.9 Å². The maximum absolute atomic E-state index is 13.8. The Bertz CT molecular complexity index is 749. The number of rotatable bonds is 3. The fourth-order valence-corrected chi connectivity index (χ4v) is 3.51. The molecule has 1 aliphatic rings. The molecule has 0 radical (unpaired) electrons. The summed E-state index contributed by atoms with van der Waals surface area (Å²) < 4.78 is 14.8. The molecule has 0 unspecified atom stereocenters. The Morgan fingerprint density at radius 1 is 1.22 bits per heavy atom. The molecule has 2 aromatic rings. The van der Waals surface area contributed by atoms with Gasteiger partial charge in [-0.3, -0.25) is 14.7 Å². The van der Waals surface area contributed by atoms with Crippen LogP contribution in [0, 0.1) is 5.82 Å². The molecule has 3 nitrogen and oxygen atoms in total. The number of nitrogens with zero attached hydrogens (tertiary/aromatic N) is 2. The second-order valence-corrected chi connectivity index (χ2v) is 6.87. The molecule has 118 valence electrons. The summed E-state index contributed by atoms with van der Waals surface area (Å²) in [6, 6.07) is 14.1. The van der Waals surface area contributed by atoms with Gasteiger partial charge in [-0.2, -0.15) is 0 Å². The van der Waals surface area contributed by atoms with Crippen LogP contribution in [0.4, 0.5) is 4.39 Å². The number of amidine groups is 1.